The number of aliphatic carboxylic acids is 1. The fraction of sp³-hybridized carbons (Fsp3) is 0.500. The van der Waals surface area contributed by atoms with Gasteiger partial charge in [-0.15, -0.1) is 0 Å². The van der Waals surface area contributed by atoms with Crippen molar-refractivity contribution in [2.75, 3.05) is 6.54 Å². The number of carboxylic acids is 1. The molecule has 0 amide bonds. The number of rotatable bonds is 7. The number of nitrogens with one attached hydrogen (secondary N) is 1. The lowest BCUT2D eigenvalue weighted by Gasteiger charge is -2.26. The van der Waals surface area contributed by atoms with E-state index in [1.54, 1.807) is 0 Å². The van der Waals surface area contributed by atoms with Crippen LogP contribution in [0.4, 0.5) is 0 Å². The molecular weight excluding hydrogens is 266 g/mol. The molecule has 0 aliphatic carbocycles. The molecule has 114 valence electrons. The Hall–Kier alpha value is -1.88. The molecule has 0 fully saturated rings. The van der Waals surface area contributed by atoms with E-state index in [-0.39, 0.29) is 0 Å². The van der Waals surface area contributed by atoms with Crippen LogP contribution in [0.3, 0.4) is 0 Å². The largest absolute Gasteiger partial charge is 0.481 e. The van der Waals surface area contributed by atoms with Crippen molar-refractivity contribution in [3.8, 4) is 0 Å². The summed E-state index contributed by atoms with van der Waals surface area (Å²) in [6.45, 7) is 6.97. The molecule has 0 unspecified atom stereocenters. The Morgan fingerprint density at radius 3 is 2.71 bits per heavy atom. The minimum atomic E-state index is -0.728. The zero-order valence-corrected chi connectivity index (χ0v) is 12.9. The first-order chi connectivity index (χ1) is 10.0. The van der Waals surface area contributed by atoms with Gasteiger partial charge in [0.1, 0.15) is 5.65 Å². The summed E-state index contributed by atoms with van der Waals surface area (Å²) in [6, 6.07) is 4.02. The number of pyridine rings is 1. The lowest BCUT2D eigenvalue weighted by Crippen LogP contribution is -2.40. The van der Waals surface area contributed by atoms with Crippen LogP contribution in [0.1, 0.15) is 37.9 Å². The maximum absolute atomic E-state index is 11.5. The van der Waals surface area contributed by atoms with Gasteiger partial charge in [0.15, 0.2) is 0 Å². The van der Waals surface area contributed by atoms with Crippen LogP contribution in [-0.4, -0.2) is 27.0 Å². The van der Waals surface area contributed by atoms with E-state index in [9.17, 15) is 9.90 Å². The van der Waals surface area contributed by atoms with E-state index in [1.165, 1.54) is 5.56 Å². The lowest BCUT2D eigenvalue weighted by molar-refractivity contribution is -0.149. The van der Waals surface area contributed by atoms with Crippen molar-refractivity contribution in [2.24, 2.45) is 5.41 Å². The number of carboxylic acid groups (broad SMARTS) is 1. The van der Waals surface area contributed by atoms with Crippen LogP contribution in [0.2, 0.25) is 0 Å². The number of hydrogen-bond donors (Lipinski definition) is 2. The summed E-state index contributed by atoms with van der Waals surface area (Å²) < 4.78 is 2.04. The zero-order chi connectivity index (χ0) is 15.5. The van der Waals surface area contributed by atoms with Gasteiger partial charge in [0.25, 0.3) is 0 Å². The smallest absolute Gasteiger partial charge is 0.310 e. The summed E-state index contributed by atoms with van der Waals surface area (Å²) in [5.41, 5.74) is 2.44. The molecule has 5 nitrogen and oxygen atoms in total. The molecule has 0 radical (unpaired) electrons. The standard InChI is InChI=1S/C16H23N3O2/c1-4-16(5-2,15(20)21)11-17-8-13-9-18-14-7-6-12(3)10-19(13)14/h6-7,9-10,17H,4-5,8,11H2,1-3H3,(H,20,21). The average Bonchev–Trinajstić information content (AvgIpc) is 2.86. The van der Waals surface area contributed by atoms with Crippen LogP contribution >= 0.6 is 0 Å². The Labute approximate surface area is 125 Å². The molecule has 0 aliphatic heterocycles. The number of aromatic nitrogens is 2. The van der Waals surface area contributed by atoms with Crippen molar-refractivity contribution in [1.29, 1.82) is 0 Å². The van der Waals surface area contributed by atoms with Gasteiger partial charge in [0, 0.05) is 19.3 Å². The molecule has 21 heavy (non-hydrogen) atoms. The third kappa shape index (κ3) is 3.08. The van der Waals surface area contributed by atoms with E-state index in [0.717, 1.165) is 11.3 Å². The molecule has 0 saturated carbocycles. The van der Waals surface area contributed by atoms with Crippen molar-refractivity contribution in [3.63, 3.8) is 0 Å². The topological polar surface area (TPSA) is 66.6 Å². The van der Waals surface area contributed by atoms with Gasteiger partial charge in [-0.1, -0.05) is 19.9 Å². The zero-order valence-electron chi connectivity index (χ0n) is 12.9. The SMILES string of the molecule is CCC(CC)(CNCc1cnc2ccc(C)cn12)C(=O)O. The monoisotopic (exact) mass is 289 g/mol. The van der Waals surface area contributed by atoms with Crippen molar-refractivity contribution in [2.45, 2.75) is 40.2 Å². The molecule has 2 N–H and O–H groups in total. The van der Waals surface area contributed by atoms with Crippen LogP contribution < -0.4 is 5.32 Å². The van der Waals surface area contributed by atoms with Crippen LogP contribution in [0.25, 0.3) is 5.65 Å². The number of hydrogen-bond acceptors (Lipinski definition) is 3. The third-order valence-corrected chi connectivity index (χ3v) is 4.31. The summed E-state index contributed by atoms with van der Waals surface area (Å²) >= 11 is 0. The molecule has 2 aromatic rings. The molecule has 2 aromatic heterocycles. The fourth-order valence-electron chi connectivity index (χ4n) is 2.58. The predicted octanol–water partition coefficient (Wildman–Crippen LogP) is 2.62. The highest BCUT2D eigenvalue weighted by atomic mass is 16.4. The second kappa shape index (κ2) is 6.26. The number of imidazole rings is 1. The van der Waals surface area contributed by atoms with Crippen molar-refractivity contribution < 1.29 is 9.90 Å². The first-order valence-electron chi connectivity index (χ1n) is 7.39. The van der Waals surface area contributed by atoms with Gasteiger partial charge in [-0.05, 0) is 31.4 Å². The van der Waals surface area contributed by atoms with Crippen LogP contribution in [0, 0.1) is 12.3 Å². The van der Waals surface area contributed by atoms with Gasteiger partial charge in [-0.2, -0.15) is 0 Å². The van der Waals surface area contributed by atoms with Crippen molar-refractivity contribution in [3.05, 3.63) is 35.8 Å². The van der Waals surface area contributed by atoms with Crippen LogP contribution in [0.15, 0.2) is 24.5 Å². The van der Waals surface area contributed by atoms with E-state index >= 15 is 0 Å². The summed E-state index contributed by atoms with van der Waals surface area (Å²) in [5.74, 6) is -0.728. The van der Waals surface area contributed by atoms with Crippen LogP contribution in [0.5, 0.6) is 0 Å². The van der Waals surface area contributed by atoms with Crippen LogP contribution in [-0.2, 0) is 11.3 Å². The Morgan fingerprint density at radius 1 is 1.38 bits per heavy atom. The number of nitrogens with zero attached hydrogens (tertiary/aromatic N) is 2. The normalized spacial score (nSPS) is 12.0. The van der Waals surface area contributed by atoms with E-state index in [1.807, 2.05) is 49.7 Å². The van der Waals surface area contributed by atoms with Gasteiger partial charge >= 0.3 is 5.97 Å². The maximum atomic E-state index is 11.5. The van der Waals surface area contributed by atoms with Crippen molar-refractivity contribution in [1.82, 2.24) is 14.7 Å². The first-order valence-corrected chi connectivity index (χ1v) is 7.39. The number of fused-ring (bicyclic) bond motifs is 1. The molecule has 0 atom stereocenters. The highest BCUT2D eigenvalue weighted by Crippen LogP contribution is 2.25. The molecule has 0 saturated heterocycles. The van der Waals surface area contributed by atoms with E-state index in [2.05, 4.69) is 10.3 Å². The summed E-state index contributed by atoms with van der Waals surface area (Å²) in [5, 5.41) is 12.7. The van der Waals surface area contributed by atoms with Gasteiger partial charge in [0.05, 0.1) is 17.3 Å². The molecule has 2 heterocycles. The fourth-order valence-corrected chi connectivity index (χ4v) is 2.58. The maximum Gasteiger partial charge on any atom is 0.310 e. The van der Waals surface area contributed by atoms with E-state index in [0.29, 0.717) is 25.9 Å². The first kappa shape index (κ1) is 15.5. The van der Waals surface area contributed by atoms with Gasteiger partial charge in [-0.3, -0.25) is 4.79 Å². The molecule has 0 spiro atoms. The third-order valence-electron chi connectivity index (χ3n) is 4.31. The molecular formula is C16H23N3O2. The highest BCUT2D eigenvalue weighted by molar-refractivity contribution is 5.74. The number of aryl methyl sites for hydroxylation is 1. The Bertz CT molecular complexity index is 629. The Kier molecular flexibility index (Phi) is 4.63. The Balaban J connectivity index is 2.08. The average molecular weight is 289 g/mol. The second-order valence-corrected chi connectivity index (χ2v) is 5.58. The van der Waals surface area contributed by atoms with Crippen molar-refractivity contribution >= 4 is 11.6 Å². The van der Waals surface area contributed by atoms with Gasteiger partial charge in [-0.25, -0.2) is 4.98 Å². The molecule has 2 rings (SSSR count). The van der Waals surface area contributed by atoms with Gasteiger partial charge in [0.2, 0.25) is 0 Å². The second-order valence-electron chi connectivity index (χ2n) is 5.58. The molecule has 0 aliphatic rings. The molecule has 5 heteroatoms. The molecule has 0 aromatic carbocycles. The number of carbonyl (C=O) groups is 1. The predicted molar refractivity (Wildman–Crippen MR) is 82.3 cm³/mol. The van der Waals surface area contributed by atoms with Gasteiger partial charge < -0.3 is 14.8 Å². The highest BCUT2D eigenvalue weighted by Gasteiger charge is 2.34. The summed E-state index contributed by atoms with van der Waals surface area (Å²) in [6.07, 6.45) is 5.13. The quantitative estimate of drug-likeness (QED) is 0.822. The molecule has 0 bridgehead atoms. The minimum Gasteiger partial charge on any atom is -0.481 e. The lowest BCUT2D eigenvalue weighted by atomic mass is 9.82. The Morgan fingerprint density at radius 2 is 2.10 bits per heavy atom. The minimum absolute atomic E-state index is 0.467. The summed E-state index contributed by atoms with van der Waals surface area (Å²) in [7, 11) is 0. The summed E-state index contributed by atoms with van der Waals surface area (Å²) in [4.78, 5) is 15.8. The van der Waals surface area contributed by atoms with E-state index < -0.39 is 11.4 Å². The van der Waals surface area contributed by atoms with E-state index in [4.69, 9.17) is 0 Å².